The second kappa shape index (κ2) is 5.75. The van der Waals surface area contributed by atoms with Crippen LogP contribution in [0.5, 0.6) is 5.75 Å². The molecule has 0 amide bonds. The average molecular weight is 261 g/mol. The topological polar surface area (TPSA) is 73.3 Å². The first-order valence-electron chi connectivity index (χ1n) is 6.31. The van der Waals surface area contributed by atoms with Gasteiger partial charge >= 0.3 is 0 Å². The lowest BCUT2D eigenvalue weighted by Gasteiger charge is -2.16. The first-order chi connectivity index (χ1) is 9.19. The standard InChI is InChI=1S/C14H19N3O2/c1-3-8-17-13(12(19-2)9-16-17)14(18)10-6-4-5-7-11(10)15/h4-7,9,14,18H,3,8,15H2,1-2H3. The quantitative estimate of drug-likeness (QED) is 0.807. The number of aliphatic hydroxyl groups is 1. The molecule has 1 atom stereocenters. The third-order valence-electron chi connectivity index (χ3n) is 3.05. The fourth-order valence-corrected chi connectivity index (χ4v) is 2.11. The molecule has 0 saturated carbocycles. The van der Waals surface area contributed by atoms with E-state index in [4.69, 9.17) is 10.5 Å². The van der Waals surface area contributed by atoms with E-state index in [0.29, 0.717) is 22.7 Å². The third-order valence-corrected chi connectivity index (χ3v) is 3.05. The van der Waals surface area contributed by atoms with E-state index in [2.05, 4.69) is 12.0 Å². The van der Waals surface area contributed by atoms with E-state index < -0.39 is 6.10 Å². The Hall–Kier alpha value is -2.01. The number of hydrogen-bond acceptors (Lipinski definition) is 4. The largest absolute Gasteiger partial charge is 0.493 e. The number of nitrogen functional groups attached to an aromatic ring is 1. The van der Waals surface area contributed by atoms with Gasteiger partial charge in [-0.2, -0.15) is 5.10 Å². The molecule has 5 nitrogen and oxygen atoms in total. The summed E-state index contributed by atoms with van der Waals surface area (Å²) in [6.07, 6.45) is 1.70. The summed E-state index contributed by atoms with van der Waals surface area (Å²) in [5.74, 6) is 0.573. The van der Waals surface area contributed by atoms with Crippen LogP contribution in [-0.4, -0.2) is 22.0 Å². The molecule has 1 aromatic heterocycles. The number of aryl methyl sites for hydroxylation is 1. The maximum atomic E-state index is 10.6. The highest BCUT2D eigenvalue weighted by atomic mass is 16.5. The van der Waals surface area contributed by atoms with E-state index in [-0.39, 0.29) is 0 Å². The molecule has 0 aliphatic heterocycles. The van der Waals surface area contributed by atoms with Crippen molar-refractivity contribution in [2.75, 3.05) is 12.8 Å². The number of para-hydroxylation sites is 1. The summed E-state index contributed by atoms with van der Waals surface area (Å²) in [5, 5.41) is 14.8. The van der Waals surface area contributed by atoms with Crippen molar-refractivity contribution in [1.29, 1.82) is 0 Å². The van der Waals surface area contributed by atoms with Crippen LogP contribution in [0, 0.1) is 0 Å². The van der Waals surface area contributed by atoms with E-state index in [0.717, 1.165) is 13.0 Å². The van der Waals surface area contributed by atoms with Crippen LogP contribution >= 0.6 is 0 Å². The average Bonchev–Trinajstić information content (AvgIpc) is 2.82. The van der Waals surface area contributed by atoms with Gasteiger partial charge in [0.2, 0.25) is 0 Å². The minimum absolute atomic E-state index is 0.557. The molecule has 3 N–H and O–H groups in total. The Balaban J connectivity index is 2.45. The van der Waals surface area contributed by atoms with Gasteiger partial charge in [0.15, 0.2) is 5.75 Å². The molecule has 0 spiro atoms. The molecule has 0 fully saturated rings. The highest BCUT2D eigenvalue weighted by molar-refractivity contribution is 5.51. The van der Waals surface area contributed by atoms with E-state index in [9.17, 15) is 5.11 Å². The number of aliphatic hydroxyl groups excluding tert-OH is 1. The zero-order valence-electron chi connectivity index (χ0n) is 11.2. The third kappa shape index (κ3) is 2.56. The Morgan fingerprint density at radius 3 is 2.79 bits per heavy atom. The van der Waals surface area contributed by atoms with E-state index in [1.54, 1.807) is 24.1 Å². The van der Waals surface area contributed by atoms with E-state index in [1.165, 1.54) is 0 Å². The van der Waals surface area contributed by atoms with Gasteiger partial charge in [-0.25, -0.2) is 0 Å². The molecular formula is C14H19N3O2. The van der Waals surface area contributed by atoms with Crippen molar-refractivity contribution in [2.45, 2.75) is 26.0 Å². The minimum Gasteiger partial charge on any atom is -0.493 e. The van der Waals surface area contributed by atoms with Crippen LogP contribution in [0.1, 0.15) is 30.7 Å². The predicted molar refractivity (Wildman–Crippen MR) is 74.0 cm³/mol. The SMILES string of the molecule is CCCn1ncc(OC)c1C(O)c1ccccc1N. The van der Waals surface area contributed by atoms with Crippen molar-refractivity contribution in [3.63, 3.8) is 0 Å². The van der Waals surface area contributed by atoms with Crippen molar-refractivity contribution >= 4 is 5.69 Å². The number of aromatic nitrogens is 2. The second-order valence-corrected chi connectivity index (χ2v) is 4.35. The van der Waals surface area contributed by atoms with Crippen LogP contribution < -0.4 is 10.5 Å². The number of benzene rings is 1. The molecule has 0 saturated heterocycles. The van der Waals surface area contributed by atoms with Gasteiger partial charge in [0.05, 0.1) is 13.3 Å². The van der Waals surface area contributed by atoms with Crippen molar-refractivity contribution in [2.24, 2.45) is 0 Å². The molecule has 2 rings (SSSR count). The molecule has 0 radical (unpaired) electrons. The van der Waals surface area contributed by atoms with E-state index >= 15 is 0 Å². The maximum Gasteiger partial charge on any atom is 0.163 e. The normalized spacial score (nSPS) is 12.4. The monoisotopic (exact) mass is 261 g/mol. The van der Waals surface area contributed by atoms with Gasteiger partial charge in [-0.1, -0.05) is 25.1 Å². The number of anilines is 1. The van der Waals surface area contributed by atoms with Gasteiger partial charge in [0.1, 0.15) is 11.8 Å². The van der Waals surface area contributed by atoms with Gasteiger partial charge in [-0.3, -0.25) is 4.68 Å². The Labute approximate surface area is 112 Å². The molecule has 1 heterocycles. The lowest BCUT2D eigenvalue weighted by molar-refractivity contribution is 0.202. The summed E-state index contributed by atoms with van der Waals surface area (Å²) in [7, 11) is 1.57. The number of nitrogens with zero attached hydrogens (tertiary/aromatic N) is 2. The molecule has 1 unspecified atom stereocenters. The van der Waals surface area contributed by atoms with Gasteiger partial charge < -0.3 is 15.6 Å². The van der Waals surface area contributed by atoms with Crippen LogP contribution in [-0.2, 0) is 6.54 Å². The summed E-state index contributed by atoms with van der Waals surface area (Å²) < 4.78 is 7.03. The smallest absolute Gasteiger partial charge is 0.163 e. The summed E-state index contributed by atoms with van der Waals surface area (Å²) in [6, 6.07) is 7.27. The van der Waals surface area contributed by atoms with Crippen LogP contribution in [0.25, 0.3) is 0 Å². The molecule has 1 aromatic carbocycles. The number of rotatable bonds is 5. The van der Waals surface area contributed by atoms with Crippen molar-refractivity contribution in [1.82, 2.24) is 9.78 Å². The fourth-order valence-electron chi connectivity index (χ4n) is 2.11. The number of ether oxygens (including phenoxy) is 1. The summed E-state index contributed by atoms with van der Waals surface area (Å²) in [6.45, 7) is 2.78. The van der Waals surface area contributed by atoms with Crippen molar-refractivity contribution < 1.29 is 9.84 Å². The zero-order valence-corrected chi connectivity index (χ0v) is 11.2. The second-order valence-electron chi connectivity index (χ2n) is 4.35. The van der Waals surface area contributed by atoms with Crippen LogP contribution in [0.2, 0.25) is 0 Å². The van der Waals surface area contributed by atoms with Crippen molar-refractivity contribution in [3.8, 4) is 5.75 Å². The van der Waals surface area contributed by atoms with Crippen molar-refractivity contribution in [3.05, 3.63) is 41.7 Å². The number of hydrogen-bond donors (Lipinski definition) is 2. The molecule has 0 aliphatic rings. The first kappa shape index (κ1) is 13.4. The van der Waals surface area contributed by atoms with Gasteiger partial charge in [0.25, 0.3) is 0 Å². The molecule has 2 aromatic rings. The minimum atomic E-state index is -0.842. The van der Waals surface area contributed by atoms with Crippen LogP contribution in [0.3, 0.4) is 0 Å². The zero-order chi connectivity index (χ0) is 13.8. The maximum absolute atomic E-state index is 10.6. The van der Waals surface area contributed by atoms with Crippen LogP contribution in [0.4, 0.5) is 5.69 Å². The summed E-state index contributed by atoms with van der Waals surface area (Å²) >= 11 is 0. The van der Waals surface area contributed by atoms with Crippen LogP contribution in [0.15, 0.2) is 30.5 Å². The highest BCUT2D eigenvalue weighted by Crippen LogP contribution is 2.32. The van der Waals surface area contributed by atoms with Gasteiger partial charge in [-0.05, 0) is 12.5 Å². The molecule has 0 aliphatic carbocycles. The fraction of sp³-hybridized carbons (Fsp3) is 0.357. The Bertz CT molecular complexity index is 551. The Morgan fingerprint density at radius 1 is 1.42 bits per heavy atom. The molecule has 0 bridgehead atoms. The van der Waals surface area contributed by atoms with Gasteiger partial charge in [-0.15, -0.1) is 0 Å². The van der Waals surface area contributed by atoms with Gasteiger partial charge in [0, 0.05) is 17.8 Å². The Kier molecular flexibility index (Phi) is 4.06. The van der Waals surface area contributed by atoms with E-state index in [1.807, 2.05) is 18.2 Å². The highest BCUT2D eigenvalue weighted by Gasteiger charge is 2.22. The molecular weight excluding hydrogens is 242 g/mol. The molecule has 19 heavy (non-hydrogen) atoms. The summed E-state index contributed by atoms with van der Waals surface area (Å²) in [4.78, 5) is 0. The lowest BCUT2D eigenvalue weighted by atomic mass is 10.0. The molecule has 102 valence electrons. The first-order valence-corrected chi connectivity index (χ1v) is 6.31. The summed E-state index contributed by atoms with van der Waals surface area (Å²) in [5.41, 5.74) is 7.78. The predicted octanol–water partition coefficient (Wildman–Crippen LogP) is 1.97. The number of nitrogens with two attached hydrogens (primary N) is 1. The molecule has 5 heteroatoms. The lowest BCUT2D eigenvalue weighted by Crippen LogP contribution is -2.12. The Morgan fingerprint density at radius 2 is 2.16 bits per heavy atom. The number of methoxy groups -OCH3 is 1.